The smallest absolute Gasteiger partial charge is 0.0518 e. The van der Waals surface area contributed by atoms with Crippen molar-refractivity contribution < 1.29 is 0 Å². The highest BCUT2D eigenvalue weighted by Crippen LogP contribution is 2.24. The number of aromatic nitrogens is 2. The Morgan fingerprint density at radius 3 is 2.76 bits per heavy atom. The first-order chi connectivity index (χ1) is 8.20. The van der Waals surface area contributed by atoms with Gasteiger partial charge in [0.05, 0.1) is 6.20 Å². The Hall–Kier alpha value is -1.32. The zero-order chi connectivity index (χ0) is 12.3. The molecule has 1 atom stereocenters. The predicted octanol–water partition coefficient (Wildman–Crippen LogP) is 2.59. The van der Waals surface area contributed by atoms with Crippen LogP contribution in [0.4, 0.5) is 0 Å². The van der Waals surface area contributed by atoms with Crippen LogP contribution in [0, 0.1) is 6.92 Å². The van der Waals surface area contributed by atoms with Gasteiger partial charge in [-0.3, -0.25) is 4.68 Å². The summed E-state index contributed by atoms with van der Waals surface area (Å²) in [4.78, 5) is 0. The molecule has 1 aromatic carbocycles. The van der Waals surface area contributed by atoms with Gasteiger partial charge in [0.2, 0.25) is 0 Å². The van der Waals surface area contributed by atoms with Crippen LogP contribution in [0.25, 0.3) is 0 Å². The van der Waals surface area contributed by atoms with E-state index in [-0.39, 0.29) is 5.92 Å². The Labute approximate surface area is 106 Å². The van der Waals surface area contributed by atoms with Gasteiger partial charge in [-0.2, -0.15) is 5.10 Å². The zero-order valence-electron chi connectivity index (χ0n) is 9.81. The van der Waals surface area contributed by atoms with Crippen LogP contribution >= 0.6 is 11.6 Å². The molecule has 0 saturated heterocycles. The minimum Gasteiger partial charge on any atom is -0.330 e. The van der Waals surface area contributed by atoms with Crippen molar-refractivity contribution in [1.29, 1.82) is 0 Å². The first-order valence-electron chi connectivity index (χ1n) is 5.64. The number of benzene rings is 1. The molecule has 3 nitrogen and oxygen atoms in total. The summed E-state index contributed by atoms with van der Waals surface area (Å²) >= 11 is 6.18. The molecule has 2 rings (SSSR count). The Balaban J connectivity index is 2.20. The van der Waals surface area contributed by atoms with E-state index in [9.17, 15) is 0 Å². The summed E-state index contributed by atoms with van der Waals surface area (Å²) in [6.07, 6.45) is 3.86. The van der Waals surface area contributed by atoms with Crippen molar-refractivity contribution in [3.05, 3.63) is 52.8 Å². The molecule has 17 heavy (non-hydrogen) atoms. The highest BCUT2D eigenvalue weighted by atomic mass is 35.5. The van der Waals surface area contributed by atoms with Crippen molar-refractivity contribution in [2.45, 2.75) is 19.4 Å². The molecule has 0 bridgehead atoms. The molecular weight excluding hydrogens is 234 g/mol. The molecule has 2 N–H and O–H groups in total. The molecule has 4 heteroatoms. The normalized spacial score (nSPS) is 12.6. The molecular formula is C13H16ClN3. The van der Waals surface area contributed by atoms with Gasteiger partial charge < -0.3 is 5.73 Å². The summed E-state index contributed by atoms with van der Waals surface area (Å²) in [5, 5.41) is 5.05. The monoisotopic (exact) mass is 249 g/mol. The van der Waals surface area contributed by atoms with Gasteiger partial charge in [0.1, 0.15) is 0 Å². The average molecular weight is 250 g/mol. The van der Waals surface area contributed by atoms with Crippen LogP contribution in [0.1, 0.15) is 17.0 Å². The van der Waals surface area contributed by atoms with E-state index in [0.29, 0.717) is 6.54 Å². The van der Waals surface area contributed by atoms with Crippen molar-refractivity contribution >= 4 is 11.6 Å². The number of halogens is 1. The molecule has 1 unspecified atom stereocenters. The number of nitrogens with zero attached hydrogens (tertiary/aromatic N) is 2. The maximum absolute atomic E-state index is 6.18. The summed E-state index contributed by atoms with van der Waals surface area (Å²) < 4.78 is 1.91. The van der Waals surface area contributed by atoms with Crippen LogP contribution in [0.2, 0.25) is 5.02 Å². The Morgan fingerprint density at radius 2 is 2.18 bits per heavy atom. The number of nitrogens with two attached hydrogens (primary N) is 1. The molecule has 0 aliphatic carbocycles. The molecule has 0 aliphatic heterocycles. The van der Waals surface area contributed by atoms with Crippen LogP contribution in [0.3, 0.4) is 0 Å². The lowest BCUT2D eigenvalue weighted by molar-refractivity contribution is 0.521. The summed E-state index contributed by atoms with van der Waals surface area (Å²) in [7, 11) is 0. The minimum absolute atomic E-state index is 0.197. The second-order valence-electron chi connectivity index (χ2n) is 4.19. The van der Waals surface area contributed by atoms with Gasteiger partial charge in [-0.25, -0.2) is 0 Å². The van der Waals surface area contributed by atoms with E-state index in [1.54, 1.807) is 0 Å². The maximum atomic E-state index is 6.18. The van der Waals surface area contributed by atoms with E-state index >= 15 is 0 Å². The third-order valence-electron chi connectivity index (χ3n) is 2.80. The third kappa shape index (κ3) is 2.87. The average Bonchev–Trinajstić information content (AvgIpc) is 2.73. The molecule has 2 aromatic rings. The zero-order valence-corrected chi connectivity index (χ0v) is 10.6. The quantitative estimate of drug-likeness (QED) is 0.905. The minimum atomic E-state index is 0.197. The summed E-state index contributed by atoms with van der Waals surface area (Å²) in [5.41, 5.74) is 8.07. The van der Waals surface area contributed by atoms with E-state index in [1.165, 1.54) is 0 Å². The Bertz CT molecular complexity index is 493. The maximum Gasteiger partial charge on any atom is 0.0518 e. The lowest BCUT2D eigenvalue weighted by Gasteiger charge is -2.16. The van der Waals surface area contributed by atoms with E-state index in [4.69, 9.17) is 17.3 Å². The highest BCUT2D eigenvalue weighted by Gasteiger charge is 2.13. The number of hydrogen-bond acceptors (Lipinski definition) is 2. The summed E-state index contributed by atoms with van der Waals surface area (Å²) in [6.45, 7) is 3.34. The fourth-order valence-corrected chi connectivity index (χ4v) is 2.19. The van der Waals surface area contributed by atoms with Crippen molar-refractivity contribution in [2.75, 3.05) is 6.54 Å². The van der Waals surface area contributed by atoms with Crippen molar-refractivity contribution in [3.63, 3.8) is 0 Å². The van der Waals surface area contributed by atoms with Crippen LogP contribution in [-0.4, -0.2) is 16.3 Å². The molecule has 0 fully saturated rings. The van der Waals surface area contributed by atoms with E-state index in [2.05, 4.69) is 5.10 Å². The van der Waals surface area contributed by atoms with Gasteiger partial charge in [0.25, 0.3) is 0 Å². The Kier molecular flexibility index (Phi) is 3.82. The summed E-state index contributed by atoms with van der Waals surface area (Å²) in [6, 6.07) is 7.83. The lowest BCUT2D eigenvalue weighted by Crippen LogP contribution is -2.19. The summed E-state index contributed by atoms with van der Waals surface area (Å²) in [5.74, 6) is 0.197. The Morgan fingerprint density at radius 1 is 1.41 bits per heavy atom. The van der Waals surface area contributed by atoms with Crippen molar-refractivity contribution in [3.8, 4) is 0 Å². The highest BCUT2D eigenvalue weighted by molar-refractivity contribution is 6.31. The second-order valence-corrected chi connectivity index (χ2v) is 4.60. The van der Waals surface area contributed by atoms with Crippen molar-refractivity contribution in [2.24, 2.45) is 5.73 Å². The molecule has 1 aromatic heterocycles. The topological polar surface area (TPSA) is 43.8 Å². The largest absolute Gasteiger partial charge is 0.330 e. The number of hydrogen-bond donors (Lipinski definition) is 1. The van der Waals surface area contributed by atoms with Crippen LogP contribution < -0.4 is 5.73 Å². The predicted molar refractivity (Wildman–Crippen MR) is 70.2 cm³/mol. The van der Waals surface area contributed by atoms with Gasteiger partial charge in [-0.15, -0.1) is 0 Å². The second kappa shape index (κ2) is 5.34. The van der Waals surface area contributed by atoms with E-state index < -0.39 is 0 Å². The fourth-order valence-electron chi connectivity index (χ4n) is 1.90. The third-order valence-corrected chi connectivity index (χ3v) is 3.14. The standard InChI is InChI=1S/C13H16ClN3/c1-10-7-16-17(8-10)9-11(6-15)12-4-2-3-5-13(12)14/h2-5,7-8,11H,6,9,15H2,1H3. The van der Waals surface area contributed by atoms with Crippen LogP contribution in [0.5, 0.6) is 0 Å². The molecule has 0 spiro atoms. The number of aryl methyl sites for hydroxylation is 1. The van der Waals surface area contributed by atoms with Gasteiger partial charge in [0.15, 0.2) is 0 Å². The first kappa shape index (κ1) is 12.1. The SMILES string of the molecule is Cc1cnn(CC(CN)c2ccccc2Cl)c1. The fraction of sp³-hybridized carbons (Fsp3) is 0.308. The van der Waals surface area contributed by atoms with Gasteiger partial charge in [-0.1, -0.05) is 29.8 Å². The van der Waals surface area contributed by atoms with Gasteiger partial charge >= 0.3 is 0 Å². The van der Waals surface area contributed by atoms with Crippen molar-refractivity contribution in [1.82, 2.24) is 9.78 Å². The number of rotatable bonds is 4. The lowest BCUT2D eigenvalue weighted by atomic mass is 9.99. The molecule has 0 saturated carbocycles. The van der Waals surface area contributed by atoms with E-state index in [0.717, 1.165) is 22.7 Å². The van der Waals surface area contributed by atoms with Crippen LogP contribution in [-0.2, 0) is 6.54 Å². The van der Waals surface area contributed by atoms with E-state index in [1.807, 2.05) is 48.3 Å². The molecule has 1 heterocycles. The molecule has 0 aliphatic rings. The molecule has 0 radical (unpaired) electrons. The van der Waals surface area contributed by atoms with Crippen LogP contribution in [0.15, 0.2) is 36.7 Å². The first-order valence-corrected chi connectivity index (χ1v) is 6.02. The van der Waals surface area contributed by atoms with Gasteiger partial charge in [0, 0.05) is 30.2 Å². The molecule has 90 valence electrons. The van der Waals surface area contributed by atoms with Gasteiger partial charge in [-0.05, 0) is 24.1 Å². The molecule has 0 amide bonds.